The van der Waals surface area contributed by atoms with Crippen LogP contribution < -0.4 is 30.2 Å². The number of ether oxygens (including phenoxy) is 3. The molecule has 0 atom stereocenters. The van der Waals surface area contributed by atoms with Crippen LogP contribution >= 0.6 is 23.2 Å². The molecule has 0 spiro atoms. The summed E-state index contributed by atoms with van der Waals surface area (Å²) in [6, 6.07) is 11.3. The van der Waals surface area contributed by atoms with Crippen molar-refractivity contribution in [3.63, 3.8) is 0 Å². The number of aromatic nitrogens is 6. The monoisotopic (exact) mass is 832 g/mol. The molecule has 20 heteroatoms. The zero-order chi connectivity index (χ0) is 40.4. The van der Waals surface area contributed by atoms with Crippen LogP contribution in [0.4, 0.5) is 35.0 Å². The van der Waals surface area contributed by atoms with Crippen LogP contribution in [0.15, 0.2) is 41.6 Å². The smallest absolute Gasteiger partial charge is 0.250 e. The van der Waals surface area contributed by atoms with Gasteiger partial charge in [0, 0.05) is 103 Å². The fourth-order valence-electron chi connectivity index (χ4n) is 5.68. The fraction of sp³-hybridized carbons (Fsp3) is 0.500. The van der Waals surface area contributed by atoms with E-state index < -0.39 is 9.84 Å². The molecule has 0 amide bonds. The van der Waals surface area contributed by atoms with Crippen LogP contribution in [-0.2, 0) is 24.0 Å². The molecule has 3 saturated heterocycles. The maximum Gasteiger partial charge on any atom is 0.250 e. The van der Waals surface area contributed by atoms with E-state index in [1.54, 1.807) is 12.1 Å². The van der Waals surface area contributed by atoms with Crippen molar-refractivity contribution in [3.8, 4) is 11.3 Å². The third-order valence-electron chi connectivity index (χ3n) is 8.71. The predicted octanol–water partition coefficient (Wildman–Crippen LogP) is 3.34. The Labute approximate surface area is 338 Å². The van der Waals surface area contributed by atoms with E-state index in [1.807, 2.05) is 67.2 Å². The molecule has 0 bridgehead atoms. The number of halogens is 2. The van der Waals surface area contributed by atoms with Gasteiger partial charge in [-0.2, -0.15) is 9.97 Å². The second-order valence-electron chi connectivity index (χ2n) is 13.5. The first-order valence-electron chi connectivity index (χ1n) is 18.1. The summed E-state index contributed by atoms with van der Waals surface area (Å²) >= 11 is 11.8. The van der Waals surface area contributed by atoms with Gasteiger partial charge >= 0.3 is 0 Å². The minimum absolute atomic E-state index is 0.127. The van der Waals surface area contributed by atoms with Crippen molar-refractivity contribution < 1.29 is 22.6 Å². The van der Waals surface area contributed by atoms with E-state index in [4.69, 9.17) is 48.1 Å². The van der Waals surface area contributed by atoms with Gasteiger partial charge in [-0.05, 0) is 24.6 Å². The highest BCUT2D eigenvalue weighted by atomic mass is 35.5. The van der Waals surface area contributed by atoms with Crippen LogP contribution in [0.3, 0.4) is 0 Å². The number of sulfone groups is 1. The van der Waals surface area contributed by atoms with Crippen LogP contribution in [-0.4, -0.2) is 152 Å². The van der Waals surface area contributed by atoms with E-state index in [-0.39, 0.29) is 10.3 Å². The summed E-state index contributed by atoms with van der Waals surface area (Å²) in [6.45, 7) is 10.9. The van der Waals surface area contributed by atoms with Crippen LogP contribution in [0, 0.1) is 6.92 Å². The van der Waals surface area contributed by atoms with E-state index in [2.05, 4.69) is 41.6 Å². The van der Waals surface area contributed by atoms with Gasteiger partial charge in [-0.15, -0.1) is 0 Å². The van der Waals surface area contributed by atoms with E-state index in [0.717, 1.165) is 93.0 Å². The molecule has 3 aromatic heterocycles. The van der Waals surface area contributed by atoms with Crippen LogP contribution in [0.5, 0.6) is 0 Å². The van der Waals surface area contributed by atoms with Gasteiger partial charge in [0.25, 0.3) is 0 Å². The minimum atomic E-state index is -3.45. The molecule has 17 nitrogen and oxygen atoms in total. The quantitative estimate of drug-likeness (QED) is 0.163. The number of rotatable bonds is 7. The lowest BCUT2D eigenvalue weighted by Gasteiger charge is -2.28. The largest absolute Gasteiger partial charge is 0.399 e. The third kappa shape index (κ3) is 12.1. The molecule has 0 radical (unpaired) electrons. The van der Waals surface area contributed by atoms with Gasteiger partial charge in [0.15, 0.2) is 0 Å². The average molecular weight is 834 g/mol. The Balaban J connectivity index is 0.000000164. The Morgan fingerprint density at radius 3 is 1.52 bits per heavy atom. The second kappa shape index (κ2) is 19.7. The second-order valence-corrected chi connectivity index (χ2v) is 16.2. The van der Waals surface area contributed by atoms with Crippen molar-refractivity contribution in [1.29, 1.82) is 0 Å². The molecular formula is C36H50Cl2N12O5S. The number of anilines is 6. The summed E-state index contributed by atoms with van der Waals surface area (Å²) in [4.78, 5) is 35.8. The number of benzene rings is 1. The van der Waals surface area contributed by atoms with Crippen LogP contribution in [0.25, 0.3) is 11.3 Å². The number of aryl methyl sites for hydroxylation is 1. The minimum Gasteiger partial charge on any atom is -0.399 e. The third-order valence-corrected chi connectivity index (χ3v) is 9.94. The Hall–Kier alpha value is -4.33. The van der Waals surface area contributed by atoms with Crippen molar-refractivity contribution in [2.24, 2.45) is 0 Å². The highest BCUT2D eigenvalue weighted by Gasteiger charge is 2.20. The van der Waals surface area contributed by atoms with Crippen molar-refractivity contribution in [2.45, 2.75) is 12.1 Å². The molecule has 56 heavy (non-hydrogen) atoms. The van der Waals surface area contributed by atoms with Gasteiger partial charge < -0.3 is 44.4 Å². The van der Waals surface area contributed by atoms with Crippen LogP contribution in [0.2, 0.25) is 10.3 Å². The number of hydrogen-bond acceptors (Lipinski definition) is 17. The van der Waals surface area contributed by atoms with Crippen molar-refractivity contribution >= 4 is 68.1 Å². The summed E-state index contributed by atoms with van der Waals surface area (Å²) in [5, 5.41) is 0.355. The van der Waals surface area contributed by atoms with Gasteiger partial charge in [0.2, 0.25) is 26.9 Å². The van der Waals surface area contributed by atoms with Crippen LogP contribution in [0.1, 0.15) is 5.56 Å². The SMILES string of the molecule is CN(C)c1nc(Cl)cc(N2CCOCC2)n1.CS(=O)(=O)c1nc(Cl)cc(N2CCOCC2)n1.Cc1ccc(N)cc1-c1cc(N2CCOCC2)nc(N(C)C)n1. The molecule has 2 N–H and O–H groups in total. The van der Waals surface area contributed by atoms with E-state index in [9.17, 15) is 8.42 Å². The number of nitrogens with zero attached hydrogens (tertiary/aromatic N) is 11. The molecule has 7 rings (SSSR count). The van der Waals surface area contributed by atoms with Gasteiger partial charge in [-0.25, -0.2) is 28.4 Å². The number of nitrogens with two attached hydrogens (primary N) is 1. The molecule has 4 aromatic rings. The van der Waals surface area contributed by atoms with E-state index >= 15 is 0 Å². The molecule has 0 aliphatic carbocycles. The lowest BCUT2D eigenvalue weighted by molar-refractivity contribution is 0.122. The molecule has 0 unspecified atom stereocenters. The summed E-state index contributed by atoms with van der Waals surface area (Å²) in [7, 11) is 4.25. The van der Waals surface area contributed by atoms with Crippen molar-refractivity contribution in [1.82, 2.24) is 29.9 Å². The van der Waals surface area contributed by atoms with Crippen molar-refractivity contribution in [3.05, 3.63) is 52.3 Å². The Morgan fingerprint density at radius 1 is 0.625 bits per heavy atom. The highest BCUT2D eigenvalue weighted by Crippen LogP contribution is 2.29. The van der Waals surface area contributed by atoms with Gasteiger partial charge in [-0.1, -0.05) is 29.3 Å². The fourth-order valence-corrected chi connectivity index (χ4v) is 6.61. The van der Waals surface area contributed by atoms with Crippen molar-refractivity contribution in [2.75, 3.05) is 144 Å². The maximum absolute atomic E-state index is 11.4. The molecule has 304 valence electrons. The Kier molecular flexibility index (Phi) is 15.1. The maximum atomic E-state index is 11.4. The summed E-state index contributed by atoms with van der Waals surface area (Å²) in [5.41, 5.74) is 9.80. The average Bonchev–Trinajstić information content (AvgIpc) is 3.19. The predicted molar refractivity (Wildman–Crippen MR) is 222 cm³/mol. The first-order valence-corrected chi connectivity index (χ1v) is 20.7. The topological polar surface area (TPSA) is 181 Å². The van der Waals surface area contributed by atoms with Gasteiger partial charge in [-0.3, -0.25) is 0 Å². The van der Waals surface area contributed by atoms with E-state index in [0.29, 0.717) is 49.2 Å². The standard InChI is InChI=1S/C17H23N5O.C10H15ClN4O.C9H12ClN3O3S/c1-12-4-5-13(18)10-14(12)15-11-16(20-17(19-15)21(2)3)22-6-8-23-9-7-22;1-14(2)10-12-8(11)7-9(13-10)15-3-5-16-6-4-15;1-17(14,15)9-11-7(10)6-8(12-9)13-2-4-16-5-3-13/h4-5,10-11H,6-9,18H2,1-3H3;7H,3-6H2,1-2H3;6H,2-5H2,1H3. The zero-order valence-electron chi connectivity index (χ0n) is 32.7. The lowest BCUT2D eigenvalue weighted by Crippen LogP contribution is -2.37. The molecule has 3 aliphatic heterocycles. The van der Waals surface area contributed by atoms with Gasteiger partial charge in [0.1, 0.15) is 27.8 Å². The molecule has 3 aliphatic rings. The Morgan fingerprint density at radius 2 is 1.05 bits per heavy atom. The van der Waals surface area contributed by atoms with Gasteiger partial charge in [0.05, 0.1) is 45.3 Å². The lowest BCUT2D eigenvalue weighted by atomic mass is 10.0. The summed E-state index contributed by atoms with van der Waals surface area (Å²) in [6.07, 6.45) is 1.06. The summed E-state index contributed by atoms with van der Waals surface area (Å²) in [5.74, 6) is 3.66. The van der Waals surface area contributed by atoms with E-state index in [1.165, 1.54) is 0 Å². The molecule has 3 fully saturated rings. The number of morpholine rings is 3. The molecular weight excluding hydrogens is 783 g/mol. The first kappa shape index (κ1) is 42.8. The molecule has 6 heterocycles. The Bertz CT molecular complexity index is 2030. The normalized spacial score (nSPS) is 16.0. The number of nitrogen functional groups attached to an aromatic ring is 1. The molecule has 1 aromatic carbocycles. The first-order chi connectivity index (χ1) is 26.7. The zero-order valence-corrected chi connectivity index (χ0v) is 35.0. The molecule has 0 saturated carbocycles. The number of hydrogen-bond donors (Lipinski definition) is 1. The summed E-state index contributed by atoms with van der Waals surface area (Å²) < 4.78 is 38.7. The highest BCUT2D eigenvalue weighted by molar-refractivity contribution is 7.90.